The summed E-state index contributed by atoms with van der Waals surface area (Å²) in [5.74, 6) is -1.86. The second kappa shape index (κ2) is 15.5. The first-order chi connectivity index (χ1) is 17.4. The lowest BCUT2D eigenvalue weighted by atomic mass is 10.2. The summed E-state index contributed by atoms with van der Waals surface area (Å²) < 4.78 is 27.3. The van der Waals surface area contributed by atoms with Gasteiger partial charge >= 0.3 is 23.9 Å². The number of ether oxygens (including phenoxy) is 5. The molecular weight excluding hydrogens is 508 g/mol. The average molecular weight is 561 g/mol. The average Bonchev–Trinajstić information content (AvgIpc) is 2.60. The highest BCUT2D eigenvalue weighted by molar-refractivity contribution is 5.76. The Labute approximate surface area is 234 Å². The maximum Gasteiger partial charge on any atom is 0.320 e. The zero-order chi connectivity index (χ0) is 30.7. The minimum absolute atomic E-state index is 0.108. The summed E-state index contributed by atoms with van der Waals surface area (Å²) in [4.78, 5) is 52.7. The molecule has 0 aromatic carbocycles. The Morgan fingerprint density at radius 2 is 0.641 bits per heavy atom. The van der Waals surface area contributed by atoms with Gasteiger partial charge in [-0.25, -0.2) is 0 Å². The molecule has 0 unspecified atom stereocenters. The van der Waals surface area contributed by atoms with Gasteiger partial charge in [-0.3, -0.25) is 29.0 Å². The lowest BCUT2D eigenvalue weighted by molar-refractivity contribution is -0.162. The molecular formula is C28H52N2O9. The minimum Gasteiger partial charge on any atom is -0.459 e. The second-order valence-electron chi connectivity index (χ2n) is 13.4. The van der Waals surface area contributed by atoms with Crippen LogP contribution in [0.1, 0.15) is 83.1 Å². The summed E-state index contributed by atoms with van der Waals surface area (Å²) in [6, 6.07) is 0. The topological polar surface area (TPSA) is 121 Å². The van der Waals surface area contributed by atoms with Crippen molar-refractivity contribution in [2.45, 2.75) is 105 Å². The highest BCUT2D eigenvalue weighted by atomic mass is 16.6. The molecule has 0 saturated carbocycles. The third-order valence-electron chi connectivity index (χ3n) is 4.19. The number of esters is 4. The van der Waals surface area contributed by atoms with Gasteiger partial charge in [0.15, 0.2) is 0 Å². The first-order valence-electron chi connectivity index (χ1n) is 13.3. The molecule has 0 radical (unpaired) electrons. The zero-order valence-electron chi connectivity index (χ0n) is 26.2. The van der Waals surface area contributed by atoms with Gasteiger partial charge in [0.2, 0.25) is 0 Å². The molecule has 0 bridgehead atoms. The van der Waals surface area contributed by atoms with Crippen molar-refractivity contribution in [3.05, 3.63) is 0 Å². The second-order valence-corrected chi connectivity index (χ2v) is 13.4. The van der Waals surface area contributed by atoms with E-state index in [2.05, 4.69) is 0 Å². The van der Waals surface area contributed by atoms with Crippen LogP contribution < -0.4 is 0 Å². The van der Waals surface area contributed by atoms with E-state index in [1.165, 1.54) is 0 Å². The van der Waals surface area contributed by atoms with Crippen molar-refractivity contribution in [3.63, 3.8) is 0 Å². The lowest BCUT2D eigenvalue weighted by Gasteiger charge is -2.27. The van der Waals surface area contributed by atoms with Crippen LogP contribution in [0.4, 0.5) is 0 Å². The lowest BCUT2D eigenvalue weighted by Crippen LogP contribution is -2.42. The summed E-state index contributed by atoms with van der Waals surface area (Å²) >= 11 is 0. The van der Waals surface area contributed by atoms with Gasteiger partial charge in [0.25, 0.3) is 0 Å². The standard InChI is InChI=1S/C28H52N2O9/c1-25(2,3)36-21(31)17-29(18-22(32)37-26(4,5)6)13-15-35-16-14-30(19-23(33)38-27(7,8)9)20-24(34)39-28(10,11)12/h13-20H2,1-12H3. The summed E-state index contributed by atoms with van der Waals surface area (Å²) in [5, 5.41) is 0. The molecule has 11 heteroatoms. The molecule has 0 fully saturated rings. The first-order valence-corrected chi connectivity index (χ1v) is 13.3. The molecule has 0 aromatic rings. The van der Waals surface area contributed by atoms with Crippen molar-refractivity contribution >= 4 is 23.9 Å². The zero-order valence-corrected chi connectivity index (χ0v) is 26.2. The van der Waals surface area contributed by atoms with E-state index in [1.54, 1.807) is 92.9 Å². The molecule has 0 aromatic heterocycles. The predicted octanol–water partition coefficient (Wildman–Crippen LogP) is 2.97. The molecule has 0 amide bonds. The highest BCUT2D eigenvalue weighted by Gasteiger charge is 2.25. The molecule has 0 saturated heterocycles. The van der Waals surface area contributed by atoms with Gasteiger partial charge in [0.1, 0.15) is 22.4 Å². The number of hydrogen-bond donors (Lipinski definition) is 0. The Morgan fingerprint density at radius 1 is 0.436 bits per heavy atom. The molecule has 39 heavy (non-hydrogen) atoms. The molecule has 0 aliphatic heterocycles. The summed E-state index contributed by atoms with van der Waals surface area (Å²) in [5.41, 5.74) is -2.62. The van der Waals surface area contributed by atoms with E-state index in [4.69, 9.17) is 23.7 Å². The molecule has 228 valence electrons. The van der Waals surface area contributed by atoms with Gasteiger partial charge < -0.3 is 23.7 Å². The largest absolute Gasteiger partial charge is 0.459 e. The molecule has 11 nitrogen and oxygen atoms in total. The van der Waals surface area contributed by atoms with Crippen LogP contribution >= 0.6 is 0 Å². The van der Waals surface area contributed by atoms with E-state index in [-0.39, 0.29) is 52.5 Å². The van der Waals surface area contributed by atoms with Crippen LogP contribution in [0.2, 0.25) is 0 Å². The van der Waals surface area contributed by atoms with Crippen LogP contribution in [0.3, 0.4) is 0 Å². The molecule has 0 spiro atoms. The first kappa shape index (κ1) is 36.8. The molecule has 0 N–H and O–H groups in total. The van der Waals surface area contributed by atoms with E-state index in [0.29, 0.717) is 0 Å². The van der Waals surface area contributed by atoms with Gasteiger partial charge in [-0.2, -0.15) is 0 Å². The van der Waals surface area contributed by atoms with E-state index < -0.39 is 46.3 Å². The van der Waals surface area contributed by atoms with Crippen LogP contribution in [-0.2, 0) is 42.9 Å². The number of carbonyl (C=O) groups is 4. The van der Waals surface area contributed by atoms with E-state index in [9.17, 15) is 19.2 Å². The Bertz CT molecular complexity index is 674. The Hall–Kier alpha value is -2.24. The van der Waals surface area contributed by atoms with Gasteiger partial charge in [-0.1, -0.05) is 0 Å². The minimum atomic E-state index is -0.656. The highest BCUT2D eigenvalue weighted by Crippen LogP contribution is 2.11. The van der Waals surface area contributed by atoms with Crippen LogP contribution in [0.15, 0.2) is 0 Å². The van der Waals surface area contributed by atoms with Crippen molar-refractivity contribution in [2.24, 2.45) is 0 Å². The number of rotatable bonds is 14. The number of nitrogens with zero attached hydrogens (tertiary/aromatic N) is 2. The summed E-state index contributed by atoms with van der Waals surface area (Å²) in [6.07, 6.45) is 0. The van der Waals surface area contributed by atoms with Crippen LogP contribution in [0.25, 0.3) is 0 Å². The predicted molar refractivity (Wildman–Crippen MR) is 147 cm³/mol. The summed E-state index contributed by atoms with van der Waals surface area (Å²) in [7, 11) is 0. The van der Waals surface area contributed by atoms with Gasteiger partial charge in [0.05, 0.1) is 39.4 Å². The number of carbonyl (C=O) groups excluding carboxylic acids is 4. The Kier molecular flexibility index (Phi) is 14.6. The van der Waals surface area contributed by atoms with Crippen LogP contribution in [0.5, 0.6) is 0 Å². The van der Waals surface area contributed by atoms with Crippen molar-refractivity contribution < 1.29 is 42.9 Å². The monoisotopic (exact) mass is 560 g/mol. The van der Waals surface area contributed by atoms with E-state index >= 15 is 0 Å². The van der Waals surface area contributed by atoms with Crippen LogP contribution in [-0.4, -0.2) is 109 Å². The molecule has 0 heterocycles. The van der Waals surface area contributed by atoms with Crippen LogP contribution in [0, 0.1) is 0 Å². The van der Waals surface area contributed by atoms with Crippen molar-refractivity contribution in [1.82, 2.24) is 9.80 Å². The van der Waals surface area contributed by atoms with Crippen molar-refractivity contribution in [3.8, 4) is 0 Å². The fraction of sp³-hybridized carbons (Fsp3) is 0.857. The summed E-state index contributed by atoms with van der Waals surface area (Å²) in [6.45, 7) is 21.7. The SMILES string of the molecule is CC(C)(C)OC(=O)CN(CCOCCN(CC(=O)OC(C)(C)C)CC(=O)OC(C)(C)C)CC(=O)OC(C)(C)C. The van der Waals surface area contributed by atoms with Crippen molar-refractivity contribution in [2.75, 3.05) is 52.5 Å². The van der Waals surface area contributed by atoms with Gasteiger partial charge in [-0.05, 0) is 83.1 Å². The maximum atomic E-state index is 12.4. The van der Waals surface area contributed by atoms with Gasteiger partial charge in [0, 0.05) is 13.1 Å². The van der Waals surface area contributed by atoms with Crippen molar-refractivity contribution in [1.29, 1.82) is 0 Å². The molecule has 0 atom stereocenters. The Morgan fingerprint density at radius 3 is 0.821 bits per heavy atom. The third-order valence-corrected chi connectivity index (χ3v) is 4.19. The third kappa shape index (κ3) is 23.4. The van der Waals surface area contributed by atoms with Gasteiger partial charge in [-0.15, -0.1) is 0 Å². The van der Waals surface area contributed by atoms with E-state index in [0.717, 1.165) is 0 Å². The molecule has 0 aliphatic carbocycles. The fourth-order valence-corrected chi connectivity index (χ4v) is 3.14. The number of hydrogen-bond acceptors (Lipinski definition) is 11. The normalized spacial score (nSPS) is 12.9. The molecule has 0 rings (SSSR count). The fourth-order valence-electron chi connectivity index (χ4n) is 3.14. The quantitative estimate of drug-likeness (QED) is 0.177. The smallest absolute Gasteiger partial charge is 0.320 e. The Balaban J connectivity index is 5.08. The molecule has 0 aliphatic rings. The maximum absolute atomic E-state index is 12.4. The van der Waals surface area contributed by atoms with E-state index in [1.807, 2.05) is 0 Å².